The zero-order chi connectivity index (χ0) is 14.0. The molecule has 0 radical (unpaired) electrons. The summed E-state index contributed by atoms with van der Waals surface area (Å²) in [5, 5.41) is 1.69. The van der Waals surface area contributed by atoms with Crippen LogP contribution in [-0.2, 0) is 9.84 Å². The van der Waals surface area contributed by atoms with Gasteiger partial charge in [-0.2, -0.15) is 0 Å². The molecule has 0 spiro atoms. The molecule has 19 heavy (non-hydrogen) atoms. The maximum atomic E-state index is 13.0. The summed E-state index contributed by atoms with van der Waals surface area (Å²) < 4.78 is 37.6. The average Bonchev–Trinajstić information content (AvgIpc) is 2.75. The van der Waals surface area contributed by atoms with Crippen molar-refractivity contribution < 1.29 is 17.6 Å². The summed E-state index contributed by atoms with van der Waals surface area (Å²) >= 11 is 4.34. The smallest absolute Gasteiger partial charge is 0.189 e. The molecule has 3 nitrogen and oxygen atoms in total. The van der Waals surface area contributed by atoms with E-state index in [1.165, 1.54) is 12.1 Å². The third kappa shape index (κ3) is 3.29. The SMILES string of the molecule is O=C(CS(=O)(=O)c1cccc(F)c1)c1sccc1Br. The fourth-order valence-electron chi connectivity index (χ4n) is 1.47. The molecule has 2 aromatic rings. The number of carbonyl (C=O) groups is 1. The van der Waals surface area contributed by atoms with Gasteiger partial charge in [0.05, 0.1) is 9.77 Å². The van der Waals surface area contributed by atoms with Gasteiger partial charge in [-0.3, -0.25) is 4.79 Å². The van der Waals surface area contributed by atoms with Gasteiger partial charge in [-0.1, -0.05) is 6.07 Å². The molecule has 0 aliphatic heterocycles. The van der Waals surface area contributed by atoms with Crippen LogP contribution in [0.25, 0.3) is 0 Å². The van der Waals surface area contributed by atoms with Crippen LogP contribution in [0.4, 0.5) is 4.39 Å². The highest BCUT2D eigenvalue weighted by atomic mass is 79.9. The van der Waals surface area contributed by atoms with E-state index in [1.54, 1.807) is 11.4 Å². The lowest BCUT2D eigenvalue weighted by Crippen LogP contribution is -2.16. The van der Waals surface area contributed by atoms with E-state index in [1.807, 2.05) is 0 Å². The van der Waals surface area contributed by atoms with Crippen LogP contribution < -0.4 is 0 Å². The highest BCUT2D eigenvalue weighted by molar-refractivity contribution is 9.10. The first kappa shape index (κ1) is 14.4. The minimum atomic E-state index is -3.83. The number of Topliss-reactive ketones (excluding diaryl/α,β-unsaturated/α-hetero) is 1. The maximum Gasteiger partial charge on any atom is 0.189 e. The van der Waals surface area contributed by atoms with Crippen LogP contribution in [0.5, 0.6) is 0 Å². The summed E-state index contributed by atoms with van der Waals surface area (Å²) in [6.07, 6.45) is 0. The van der Waals surface area contributed by atoms with E-state index in [2.05, 4.69) is 15.9 Å². The highest BCUT2D eigenvalue weighted by Crippen LogP contribution is 2.24. The van der Waals surface area contributed by atoms with E-state index in [0.29, 0.717) is 9.35 Å². The van der Waals surface area contributed by atoms with Crippen molar-refractivity contribution in [2.75, 3.05) is 5.75 Å². The first-order valence-corrected chi connectivity index (χ1v) is 8.47. The van der Waals surface area contributed by atoms with Gasteiger partial charge in [0, 0.05) is 4.47 Å². The Bertz CT molecular complexity index is 722. The number of ketones is 1. The topological polar surface area (TPSA) is 51.2 Å². The second kappa shape index (κ2) is 5.52. The van der Waals surface area contributed by atoms with Gasteiger partial charge in [0.2, 0.25) is 0 Å². The highest BCUT2D eigenvalue weighted by Gasteiger charge is 2.22. The van der Waals surface area contributed by atoms with Crippen LogP contribution >= 0.6 is 27.3 Å². The first-order valence-electron chi connectivity index (χ1n) is 5.14. The summed E-state index contributed by atoms with van der Waals surface area (Å²) in [7, 11) is -3.83. The molecule has 2 rings (SSSR count). The van der Waals surface area contributed by atoms with Crippen LogP contribution in [-0.4, -0.2) is 20.0 Å². The van der Waals surface area contributed by atoms with E-state index >= 15 is 0 Å². The van der Waals surface area contributed by atoms with Gasteiger partial charge < -0.3 is 0 Å². The van der Waals surface area contributed by atoms with Gasteiger partial charge in [-0.15, -0.1) is 11.3 Å². The quantitative estimate of drug-likeness (QED) is 0.784. The minimum Gasteiger partial charge on any atom is -0.292 e. The average molecular weight is 363 g/mol. The number of rotatable bonds is 4. The summed E-state index contributed by atoms with van der Waals surface area (Å²) in [6.45, 7) is 0. The second-order valence-electron chi connectivity index (χ2n) is 3.74. The Morgan fingerprint density at radius 1 is 1.32 bits per heavy atom. The molecule has 0 aliphatic carbocycles. The second-order valence-corrected chi connectivity index (χ2v) is 7.50. The first-order chi connectivity index (χ1) is 8.90. The molecule has 100 valence electrons. The summed E-state index contributed by atoms with van der Waals surface area (Å²) in [4.78, 5) is 12.1. The van der Waals surface area contributed by atoms with Crippen molar-refractivity contribution in [3.63, 3.8) is 0 Å². The van der Waals surface area contributed by atoms with E-state index in [4.69, 9.17) is 0 Å². The third-order valence-electron chi connectivity index (χ3n) is 2.35. The van der Waals surface area contributed by atoms with Crippen LogP contribution in [0, 0.1) is 5.82 Å². The molecule has 0 bridgehead atoms. The van der Waals surface area contributed by atoms with Gasteiger partial charge >= 0.3 is 0 Å². The number of hydrogen-bond acceptors (Lipinski definition) is 4. The normalized spacial score (nSPS) is 11.5. The van der Waals surface area contributed by atoms with Gasteiger partial charge in [-0.05, 0) is 45.6 Å². The Morgan fingerprint density at radius 3 is 2.63 bits per heavy atom. The van der Waals surface area contributed by atoms with Crippen LogP contribution in [0.2, 0.25) is 0 Å². The Morgan fingerprint density at radius 2 is 2.05 bits per heavy atom. The lowest BCUT2D eigenvalue weighted by atomic mass is 10.3. The van der Waals surface area contributed by atoms with Crippen molar-refractivity contribution in [2.45, 2.75) is 4.90 Å². The Kier molecular flexibility index (Phi) is 4.17. The maximum absolute atomic E-state index is 13.0. The summed E-state index contributed by atoms with van der Waals surface area (Å²) in [6, 6.07) is 6.30. The van der Waals surface area contributed by atoms with Gasteiger partial charge in [0.15, 0.2) is 15.6 Å². The van der Waals surface area contributed by atoms with E-state index in [0.717, 1.165) is 23.5 Å². The molecule has 0 atom stereocenters. The molecule has 0 aliphatic rings. The lowest BCUT2D eigenvalue weighted by molar-refractivity contribution is 0.102. The Balaban J connectivity index is 2.28. The number of carbonyl (C=O) groups excluding carboxylic acids is 1. The molecule has 0 saturated heterocycles. The Labute approximate surface area is 122 Å². The predicted octanol–water partition coefficient (Wildman–Crippen LogP) is 3.31. The molecule has 0 amide bonds. The molecular formula is C12H8BrFO3S2. The number of benzene rings is 1. The van der Waals surface area contributed by atoms with Crippen molar-refractivity contribution in [2.24, 2.45) is 0 Å². The lowest BCUT2D eigenvalue weighted by Gasteiger charge is -2.03. The standard InChI is InChI=1S/C12H8BrFO3S2/c13-10-4-5-18-12(10)11(15)7-19(16,17)9-3-1-2-8(14)6-9/h1-6H,7H2. The third-order valence-corrected chi connectivity index (χ3v) is 5.84. The summed E-state index contributed by atoms with van der Waals surface area (Å²) in [5.74, 6) is -1.83. The van der Waals surface area contributed by atoms with E-state index in [-0.39, 0.29) is 4.90 Å². The minimum absolute atomic E-state index is 0.187. The monoisotopic (exact) mass is 362 g/mol. The van der Waals surface area contributed by atoms with Crippen LogP contribution in [0.3, 0.4) is 0 Å². The van der Waals surface area contributed by atoms with Crippen molar-refractivity contribution >= 4 is 42.9 Å². The number of hydrogen-bond donors (Lipinski definition) is 0. The fourth-order valence-corrected chi connectivity index (χ4v) is 4.33. The molecule has 0 N–H and O–H groups in total. The summed E-state index contributed by atoms with van der Waals surface area (Å²) in [5.41, 5.74) is 0. The predicted molar refractivity (Wildman–Crippen MR) is 74.8 cm³/mol. The van der Waals surface area contributed by atoms with Crippen molar-refractivity contribution in [1.82, 2.24) is 0 Å². The Hall–Kier alpha value is -1.05. The van der Waals surface area contributed by atoms with Crippen LogP contribution in [0.1, 0.15) is 9.67 Å². The molecule has 0 fully saturated rings. The number of halogens is 2. The fraction of sp³-hybridized carbons (Fsp3) is 0.0833. The van der Waals surface area contributed by atoms with Gasteiger partial charge in [-0.25, -0.2) is 12.8 Å². The molecular weight excluding hydrogens is 355 g/mol. The van der Waals surface area contributed by atoms with Crippen molar-refractivity contribution in [3.05, 3.63) is 50.9 Å². The van der Waals surface area contributed by atoms with E-state index in [9.17, 15) is 17.6 Å². The van der Waals surface area contributed by atoms with Crippen LogP contribution in [0.15, 0.2) is 45.1 Å². The van der Waals surface area contributed by atoms with Crippen molar-refractivity contribution in [3.8, 4) is 0 Å². The molecule has 0 unspecified atom stereocenters. The van der Waals surface area contributed by atoms with Gasteiger partial charge in [0.1, 0.15) is 11.6 Å². The van der Waals surface area contributed by atoms with Crippen molar-refractivity contribution in [1.29, 1.82) is 0 Å². The number of thiophene rings is 1. The molecule has 1 aromatic carbocycles. The molecule has 1 heterocycles. The molecule has 0 saturated carbocycles. The van der Waals surface area contributed by atoms with Gasteiger partial charge in [0.25, 0.3) is 0 Å². The molecule has 1 aromatic heterocycles. The largest absolute Gasteiger partial charge is 0.292 e. The number of sulfone groups is 1. The molecule has 7 heteroatoms. The zero-order valence-corrected chi connectivity index (χ0v) is 12.7. The zero-order valence-electron chi connectivity index (χ0n) is 9.47. The van der Waals surface area contributed by atoms with E-state index < -0.39 is 27.2 Å².